The summed E-state index contributed by atoms with van der Waals surface area (Å²) in [6.07, 6.45) is 2.02. The minimum Gasteiger partial charge on any atom is -0.341 e. The third kappa shape index (κ3) is 4.97. The van der Waals surface area contributed by atoms with Gasteiger partial charge in [-0.05, 0) is 66.3 Å². The van der Waals surface area contributed by atoms with Gasteiger partial charge in [-0.25, -0.2) is 0 Å². The third-order valence-electron chi connectivity index (χ3n) is 6.51. The van der Waals surface area contributed by atoms with Crippen molar-refractivity contribution in [2.24, 2.45) is 5.92 Å². The molecule has 2 aromatic carbocycles. The predicted octanol–water partition coefficient (Wildman–Crippen LogP) is 6.38. The number of piperidine rings is 1. The van der Waals surface area contributed by atoms with E-state index in [9.17, 15) is 4.79 Å². The fourth-order valence-electron chi connectivity index (χ4n) is 4.57. The van der Waals surface area contributed by atoms with E-state index in [1.165, 1.54) is 26.1 Å². The number of aryl methyl sites for hydroxylation is 1. The fourth-order valence-corrected chi connectivity index (χ4v) is 5.86. The molecule has 1 aromatic heterocycles. The lowest BCUT2D eigenvalue weighted by Crippen LogP contribution is -2.51. The average Bonchev–Trinajstić information content (AvgIpc) is 3.10. The summed E-state index contributed by atoms with van der Waals surface area (Å²) in [6.45, 7) is 8.82. The van der Waals surface area contributed by atoms with Crippen molar-refractivity contribution in [1.82, 2.24) is 10.2 Å². The molecule has 1 atom stereocenters. The molecule has 5 heteroatoms. The van der Waals surface area contributed by atoms with Gasteiger partial charge < -0.3 is 10.2 Å². The summed E-state index contributed by atoms with van der Waals surface area (Å²) < 4.78 is 1.31. The normalized spacial score (nSPS) is 16.2. The summed E-state index contributed by atoms with van der Waals surface area (Å²) in [4.78, 5) is 16.7. The second-order valence-corrected chi connectivity index (χ2v) is 10.5. The summed E-state index contributed by atoms with van der Waals surface area (Å²) in [5, 5.41) is 5.68. The van der Waals surface area contributed by atoms with Gasteiger partial charge in [-0.1, -0.05) is 55.8 Å². The van der Waals surface area contributed by atoms with Gasteiger partial charge in [-0.3, -0.25) is 4.79 Å². The third-order valence-corrected chi connectivity index (χ3v) is 8.03. The molecule has 0 aliphatic carbocycles. The van der Waals surface area contributed by atoms with E-state index < -0.39 is 0 Å². The van der Waals surface area contributed by atoms with E-state index in [-0.39, 0.29) is 17.9 Å². The molecular weight excluding hydrogens is 424 g/mol. The maximum absolute atomic E-state index is 13.4. The maximum Gasteiger partial charge on any atom is 0.239 e. The number of carbonyl (C=O) groups excluding carboxylic acids is 1. The van der Waals surface area contributed by atoms with Gasteiger partial charge in [0.15, 0.2) is 0 Å². The second kappa shape index (κ2) is 9.72. The smallest absolute Gasteiger partial charge is 0.239 e. The minimum absolute atomic E-state index is 0.156. The molecule has 0 radical (unpaired) electrons. The number of fused-ring (bicyclic) bond motifs is 1. The van der Waals surface area contributed by atoms with Crippen LogP contribution < -0.4 is 5.32 Å². The molecule has 164 valence electrons. The van der Waals surface area contributed by atoms with Gasteiger partial charge in [0, 0.05) is 34.2 Å². The molecule has 4 rings (SSSR count). The van der Waals surface area contributed by atoms with Crippen molar-refractivity contribution in [2.75, 3.05) is 13.1 Å². The molecule has 0 bridgehead atoms. The SMILES string of the molecule is Cc1c(CNC(C(=O)N2CCC(c3ccc(Cl)cc3)CC2)C(C)C)sc2ccccc12. The quantitative estimate of drug-likeness (QED) is 0.468. The number of thiophene rings is 1. The molecule has 0 spiro atoms. The van der Waals surface area contributed by atoms with Crippen LogP contribution in [0, 0.1) is 12.8 Å². The van der Waals surface area contributed by atoms with Crippen LogP contribution >= 0.6 is 22.9 Å². The topological polar surface area (TPSA) is 32.3 Å². The molecule has 1 amide bonds. The Labute approximate surface area is 194 Å². The van der Waals surface area contributed by atoms with Crippen LogP contribution in [-0.4, -0.2) is 29.9 Å². The maximum atomic E-state index is 13.4. The zero-order valence-corrected chi connectivity index (χ0v) is 20.1. The van der Waals surface area contributed by atoms with E-state index in [1.807, 2.05) is 23.5 Å². The first-order chi connectivity index (χ1) is 14.9. The first-order valence-corrected chi connectivity index (χ1v) is 12.4. The van der Waals surface area contributed by atoms with E-state index >= 15 is 0 Å². The van der Waals surface area contributed by atoms with Gasteiger partial charge >= 0.3 is 0 Å². The van der Waals surface area contributed by atoms with Gasteiger partial charge in [-0.15, -0.1) is 11.3 Å². The Morgan fingerprint density at radius 2 is 1.81 bits per heavy atom. The van der Waals surface area contributed by atoms with Crippen molar-refractivity contribution < 1.29 is 4.79 Å². The first kappa shape index (κ1) is 22.3. The Kier molecular flexibility index (Phi) is 7.00. The number of likely N-dealkylation sites (tertiary alicyclic amines) is 1. The zero-order chi connectivity index (χ0) is 22.0. The van der Waals surface area contributed by atoms with Crippen molar-refractivity contribution in [3.8, 4) is 0 Å². The Bertz CT molecular complexity index is 1040. The molecular formula is C26H31ClN2OS. The fraction of sp³-hybridized carbons (Fsp3) is 0.423. The molecule has 1 aliphatic rings. The molecule has 1 fully saturated rings. The Balaban J connectivity index is 1.38. The van der Waals surface area contributed by atoms with E-state index in [0.717, 1.165) is 37.5 Å². The molecule has 1 N–H and O–H groups in total. The minimum atomic E-state index is -0.156. The van der Waals surface area contributed by atoms with Crippen LogP contribution in [0.5, 0.6) is 0 Å². The molecule has 3 aromatic rings. The van der Waals surface area contributed by atoms with Crippen LogP contribution in [-0.2, 0) is 11.3 Å². The summed E-state index contributed by atoms with van der Waals surface area (Å²) in [6, 6.07) is 16.5. The van der Waals surface area contributed by atoms with Crippen molar-refractivity contribution in [3.63, 3.8) is 0 Å². The summed E-state index contributed by atoms with van der Waals surface area (Å²) >= 11 is 7.85. The van der Waals surface area contributed by atoms with Crippen molar-refractivity contribution in [3.05, 3.63) is 69.6 Å². The van der Waals surface area contributed by atoms with Gasteiger partial charge in [-0.2, -0.15) is 0 Å². The average molecular weight is 455 g/mol. The number of nitrogens with one attached hydrogen (secondary N) is 1. The highest BCUT2D eigenvalue weighted by atomic mass is 35.5. The van der Waals surface area contributed by atoms with Crippen LogP contribution in [0.15, 0.2) is 48.5 Å². The number of amides is 1. The van der Waals surface area contributed by atoms with Crippen LogP contribution in [0.1, 0.15) is 48.6 Å². The van der Waals surface area contributed by atoms with Crippen LogP contribution in [0.25, 0.3) is 10.1 Å². The Morgan fingerprint density at radius 1 is 1.13 bits per heavy atom. The number of halogens is 1. The molecule has 2 heterocycles. The van der Waals surface area contributed by atoms with Crippen molar-refractivity contribution >= 4 is 38.9 Å². The predicted molar refractivity (Wildman–Crippen MR) is 132 cm³/mol. The number of benzene rings is 2. The van der Waals surface area contributed by atoms with Gasteiger partial charge in [0.2, 0.25) is 5.91 Å². The highest BCUT2D eigenvalue weighted by Gasteiger charge is 2.30. The van der Waals surface area contributed by atoms with E-state index in [0.29, 0.717) is 5.92 Å². The summed E-state index contributed by atoms with van der Waals surface area (Å²) in [5.41, 5.74) is 2.65. The highest BCUT2D eigenvalue weighted by molar-refractivity contribution is 7.19. The van der Waals surface area contributed by atoms with Crippen LogP contribution in [0.4, 0.5) is 0 Å². The highest BCUT2D eigenvalue weighted by Crippen LogP contribution is 2.31. The molecule has 3 nitrogen and oxygen atoms in total. The van der Waals surface area contributed by atoms with Crippen molar-refractivity contribution in [2.45, 2.75) is 52.1 Å². The lowest BCUT2D eigenvalue weighted by Gasteiger charge is -2.35. The molecule has 0 saturated carbocycles. The van der Waals surface area contributed by atoms with Crippen LogP contribution in [0.3, 0.4) is 0 Å². The lowest BCUT2D eigenvalue weighted by atomic mass is 9.89. The summed E-state index contributed by atoms with van der Waals surface area (Å²) in [7, 11) is 0. The molecule has 1 saturated heterocycles. The monoisotopic (exact) mass is 454 g/mol. The number of nitrogens with zero attached hydrogens (tertiary/aromatic N) is 1. The molecule has 31 heavy (non-hydrogen) atoms. The van der Waals surface area contributed by atoms with E-state index in [1.54, 1.807) is 0 Å². The van der Waals surface area contributed by atoms with E-state index in [4.69, 9.17) is 11.6 Å². The van der Waals surface area contributed by atoms with Crippen LogP contribution in [0.2, 0.25) is 5.02 Å². The lowest BCUT2D eigenvalue weighted by molar-refractivity contribution is -0.135. The van der Waals surface area contributed by atoms with Crippen molar-refractivity contribution in [1.29, 1.82) is 0 Å². The Morgan fingerprint density at radius 3 is 2.45 bits per heavy atom. The first-order valence-electron chi connectivity index (χ1n) is 11.2. The molecule has 1 aliphatic heterocycles. The Hall–Kier alpha value is -1.88. The van der Waals surface area contributed by atoms with Gasteiger partial charge in [0.25, 0.3) is 0 Å². The number of hydrogen-bond donors (Lipinski definition) is 1. The van der Waals surface area contributed by atoms with Gasteiger partial charge in [0.1, 0.15) is 0 Å². The number of rotatable bonds is 6. The van der Waals surface area contributed by atoms with E-state index in [2.05, 4.69) is 67.4 Å². The largest absolute Gasteiger partial charge is 0.341 e. The second-order valence-electron chi connectivity index (χ2n) is 8.90. The molecule has 1 unspecified atom stereocenters. The summed E-state index contributed by atoms with van der Waals surface area (Å²) in [5.74, 6) is 0.993. The number of carbonyl (C=O) groups is 1. The standard InChI is InChI=1S/C26H31ClN2OS/c1-17(2)25(28-16-24-18(3)22-6-4-5-7-23(22)31-24)26(30)29-14-12-20(13-15-29)19-8-10-21(27)11-9-19/h4-11,17,20,25,28H,12-16H2,1-3H3. The van der Waals surface area contributed by atoms with Gasteiger partial charge in [0.05, 0.1) is 6.04 Å². The number of hydrogen-bond acceptors (Lipinski definition) is 3. The zero-order valence-electron chi connectivity index (χ0n) is 18.5.